The van der Waals surface area contributed by atoms with Crippen LogP contribution in [0.2, 0.25) is 0 Å². The number of nitro benzene ring substituents is 1. The number of nitro groups is 1. The molecule has 0 aliphatic carbocycles. The Morgan fingerprint density at radius 3 is 2.92 bits per heavy atom. The van der Waals surface area contributed by atoms with Gasteiger partial charge >= 0.3 is 5.69 Å². The van der Waals surface area contributed by atoms with E-state index in [1.165, 1.54) is 12.3 Å². The molecule has 0 fully saturated rings. The first-order valence-electron chi connectivity index (χ1n) is 3.49. The third kappa shape index (κ3) is 1.31. The van der Waals surface area contributed by atoms with Crippen LogP contribution in [0.15, 0.2) is 33.4 Å². The fourth-order valence-electron chi connectivity index (χ4n) is 1.16. The topological polar surface area (TPSA) is 56.3 Å². The molecule has 1 aromatic heterocycles. The van der Waals surface area contributed by atoms with Gasteiger partial charge in [0.2, 0.25) is 5.58 Å². The Hall–Kier alpha value is -1.36. The molecule has 4 nitrogen and oxygen atoms in total. The molecule has 13 heavy (non-hydrogen) atoms. The largest absolute Gasteiger partial charge is 0.457 e. The first-order valence-corrected chi connectivity index (χ1v) is 4.29. The molecular formula is C8H4BrNO3. The molecule has 0 amide bonds. The second-order valence-corrected chi connectivity index (χ2v) is 3.44. The van der Waals surface area contributed by atoms with E-state index >= 15 is 0 Å². The van der Waals surface area contributed by atoms with Crippen molar-refractivity contribution in [3.05, 3.63) is 39.0 Å². The van der Waals surface area contributed by atoms with E-state index in [-0.39, 0.29) is 5.69 Å². The Balaban J connectivity index is 2.84. The highest BCUT2D eigenvalue weighted by atomic mass is 79.9. The first kappa shape index (κ1) is 8.25. The minimum Gasteiger partial charge on any atom is -0.457 e. The lowest BCUT2D eigenvalue weighted by Crippen LogP contribution is -1.87. The average Bonchev–Trinajstić information content (AvgIpc) is 2.49. The number of halogens is 1. The number of nitrogens with zero attached hydrogens (tertiary/aromatic N) is 1. The summed E-state index contributed by atoms with van der Waals surface area (Å²) in [5.41, 5.74) is 0.294. The molecule has 0 bridgehead atoms. The molecule has 0 saturated heterocycles. The van der Waals surface area contributed by atoms with Crippen LogP contribution in [0.4, 0.5) is 5.69 Å². The highest BCUT2D eigenvalue weighted by molar-refractivity contribution is 9.10. The van der Waals surface area contributed by atoms with Crippen LogP contribution in [-0.4, -0.2) is 4.92 Å². The summed E-state index contributed by atoms with van der Waals surface area (Å²) >= 11 is 3.19. The van der Waals surface area contributed by atoms with Crippen LogP contribution in [0, 0.1) is 10.1 Å². The molecule has 0 radical (unpaired) electrons. The number of rotatable bonds is 1. The second kappa shape index (κ2) is 2.85. The van der Waals surface area contributed by atoms with Crippen molar-refractivity contribution in [1.82, 2.24) is 0 Å². The van der Waals surface area contributed by atoms with Crippen molar-refractivity contribution in [2.24, 2.45) is 0 Å². The molecule has 1 aromatic carbocycles. The van der Waals surface area contributed by atoms with Crippen LogP contribution in [0.1, 0.15) is 0 Å². The third-order valence-electron chi connectivity index (χ3n) is 1.69. The molecule has 2 aromatic rings. The summed E-state index contributed by atoms with van der Waals surface area (Å²) in [7, 11) is 0. The molecule has 0 spiro atoms. The van der Waals surface area contributed by atoms with E-state index in [0.717, 1.165) is 5.39 Å². The summed E-state index contributed by atoms with van der Waals surface area (Å²) in [5, 5.41) is 11.3. The maximum atomic E-state index is 10.6. The lowest BCUT2D eigenvalue weighted by Gasteiger charge is -1.93. The zero-order chi connectivity index (χ0) is 9.42. The highest BCUT2D eigenvalue weighted by Crippen LogP contribution is 2.30. The van der Waals surface area contributed by atoms with Gasteiger partial charge in [0.1, 0.15) is 0 Å². The van der Waals surface area contributed by atoms with Gasteiger partial charge in [-0.2, -0.15) is 0 Å². The molecule has 5 heteroatoms. The van der Waals surface area contributed by atoms with Crippen molar-refractivity contribution < 1.29 is 9.34 Å². The molecule has 0 unspecified atom stereocenters. The molecule has 0 saturated carbocycles. The van der Waals surface area contributed by atoms with E-state index in [1.807, 2.05) is 0 Å². The number of non-ortho nitro benzene ring substituents is 1. The predicted octanol–water partition coefficient (Wildman–Crippen LogP) is 3.10. The van der Waals surface area contributed by atoms with Gasteiger partial charge in [-0.1, -0.05) is 15.9 Å². The Labute approximate surface area is 81.4 Å². The summed E-state index contributed by atoms with van der Waals surface area (Å²) in [5.74, 6) is 0. The van der Waals surface area contributed by atoms with E-state index < -0.39 is 4.92 Å². The van der Waals surface area contributed by atoms with Crippen molar-refractivity contribution >= 4 is 32.6 Å². The van der Waals surface area contributed by atoms with Crippen LogP contribution in [0.3, 0.4) is 0 Å². The molecule has 66 valence electrons. The van der Waals surface area contributed by atoms with Crippen LogP contribution < -0.4 is 0 Å². The van der Waals surface area contributed by atoms with E-state index in [4.69, 9.17) is 4.42 Å². The van der Waals surface area contributed by atoms with E-state index in [2.05, 4.69) is 15.9 Å². The molecule has 1 heterocycles. The summed E-state index contributed by atoms with van der Waals surface area (Å²) in [6.45, 7) is 0. The average molecular weight is 242 g/mol. The van der Waals surface area contributed by atoms with Gasteiger partial charge in [0, 0.05) is 15.9 Å². The lowest BCUT2D eigenvalue weighted by atomic mass is 10.2. The molecule has 2 rings (SSSR count). The zero-order valence-corrected chi connectivity index (χ0v) is 7.95. The standard InChI is InChI=1S/C8H4BrNO3/c9-6-3-5-1-2-13-8(5)7(4-6)10(11)12/h1-4H. The molecule has 0 aliphatic rings. The van der Waals surface area contributed by atoms with E-state index in [0.29, 0.717) is 10.1 Å². The van der Waals surface area contributed by atoms with Gasteiger partial charge in [-0.05, 0) is 12.1 Å². The minimum absolute atomic E-state index is 0.0191. The summed E-state index contributed by atoms with van der Waals surface area (Å²) in [4.78, 5) is 10.1. The van der Waals surface area contributed by atoms with Crippen molar-refractivity contribution in [3.8, 4) is 0 Å². The number of hydrogen-bond acceptors (Lipinski definition) is 3. The SMILES string of the molecule is O=[N+]([O-])c1cc(Br)cc2ccoc12. The highest BCUT2D eigenvalue weighted by Gasteiger charge is 2.15. The first-order chi connectivity index (χ1) is 6.18. The van der Waals surface area contributed by atoms with Crippen LogP contribution in [0.5, 0.6) is 0 Å². The van der Waals surface area contributed by atoms with Gasteiger partial charge in [-0.15, -0.1) is 0 Å². The van der Waals surface area contributed by atoms with E-state index in [9.17, 15) is 10.1 Å². The maximum Gasteiger partial charge on any atom is 0.313 e. The molecule has 0 aliphatic heterocycles. The fourth-order valence-corrected chi connectivity index (χ4v) is 1.63. The van der Waals surface area contributed by atoms with Crippen LogP contribution in [-0.2, 0) is 0 Å². The summed E-state index contributed by atoms with van der Waals surface area (Å²) in [6, 6.07) is 4.88. The quantitative estimate of drug-likeness (QED) is 0.570. The summed E-state index contributed by atoms with van der Waals surface area (Å²) in [6.07, 6.45) is 1.43. The summed E-state index contributed by atoms with van der Waals surface area (Å²) < 4.78 is 5.68. The number of furan rings is 1. The van der Waals surface area contributed by atoms with Crippen molar-refractivity contribution in [2.45, 2.75) is 0 Å². The smallest absolute Gasteiger partial charge is 0.313 e. The Morgan fingerprint density at radius 1 is 1.46 bits per heavy atom. The van der Waals surface area contributed by atoms with Crippen LogP contribution in [0.25, 0.3) is 11.0 Å². The Bertz CT molecular complexity index is 477. The number of hydrogen-bond donors (Lipinski definition) is 0. The van der Waals surface area contributed by atoms with Gasteiger partial charge in [-0.25, -0.2) is 0 Å². The zero-order valence-electron chi connectivity index (χ0n) is 6.36. The van der Waals surface area contributed by atoms with Gasteiger partial charge < -0.3 is 4.42 Å². The lowest BCUT2D eigenvalue weighted by molar-refractivity contribution is -0.383. The predicted molar refractivity (Wildman–Crippen MR) is 50.6 cm³/mol. The van der Waals surface area contributed by atoms with Gasteiger partial charge in [0.05, 0.1) is 11.2 Å². The van der Waals surface area contributed by atoms with Gasteiger partial charge in [0.25, 0.3) is 0 Å². The van der Waals surface area contributed by atoms with Crippen molar-refractivity contribution in [3.63, 3.8) is 0 Å². The maximum absolute atomic E-state index is 10.6. The van der Waals surface area contributed by atoms with E-state index in [1.54, 1.807) is 12.1 Å². The molecule has 0 atom stereocenters. The van der Waals surface area contributed by atoms with Crippen molar-refractivity contribution in [2.75, 3.05) is 0 Å². The Kier molecular flexibility index (Phi) is 1.81. The normalized spacial score (nSPS) is 10.5. The number of benzene rings is 1. The third-order valence-corrected chi connectivity index (χ3v) is 2.15. The fraction of sp³-hybridized carbons (Fsp3) is 0. The minimum atomic E-state index is -0.462. The molecule has 0 N–H and O–H groups in total. The van der Waals surface area contributed by atoms with Gasteiger partial charge in [0.15, 0.2) is 0 Å². The second-order valence-electron chi connectivity index (χ2n) is 2.52. The van der Waals surface area contributed by atoms with Crippen molar-refractivity contribution in [1.29, 1.82) is 0 Å². The monoisotopic (exact) mass is 241 g/mol. The van der Waals surface area contributed by atoms with Crippen LogP contribution >= 0.6 is 15.9 Å². The number of fused-ring (bicyclic) bond motifs is 1. The molecular weight excluding hydrogens is 238 g/mol. The van der Waals surface area contributed by atoms with Gasteiger partial charge in [-0.3, -0.25) is 10.1 Å². The Morgan fingerprint density at radius 2 is 2.23 bits per heavy atom.